The average Bonchev–Trinajstić information content (AvgIpc) is 3.48. The number of aromatic hydroxyl groups is 1. The van der Waals surface area contributed by atoms with Crippen LogP contribution in [0.15, 0.2) is 77.5 Å². The first-order chi connectivity index (χ1) is 15.7. The zero-order valence-corrected chi connectivity index (χ0v) is 17.6. The predicted molar refractivity (Wildman–Crippen MR) is 121 cm³/mol. The Morgan fingerprint density at radius 3 is 2.53 bits per heavy atom. The van der Waals surface area contributed by atoms with Gasteiger partial charge in [-0.15, -0.1) is 0 Å². The molecule has 160 valence electrons. The van der Waals surface area contributed by atoms with Gasteiger partial charge in [-0.1, -0.05) is 18.2 Å². The van der Waals surface area contributed by atoms with E-state index in [2.05, 4.69) is 4.98 Å². The molecule has 0 saturated carbocycles. The van der Waals surface area contributed by atoms with Crippen molar-refractivity contribution >= 4 is 11.2 Å². The summed E-state index contributed by atoms with van der Waals surface area (Å²) in [4.78, 5) is 9.38. The van der Waals surface area contributed by atoms with Crippen LogP contribution in [0, 0.1) is 0 Å². The van der Waals surface area contributed by atoms with Crippen molar-refractivity contribution in [3.63, 3.8) is 0 Å². The van der Waals surface area contributed by atoms with Crippen LogP contribution in [-0.4, -0.2) is 33.9 Å². The van der Waals surface area contributed by atoms with Gasteiger partial charge in [0, 0.05) is 22.9 Å². The summed E-state index contributed by atoms with van der Waals surface area (Å²) < 4.78 is 18.5. The monoisotopic (exact) mass is 427 g/mol. The van der Waals surface area contributed by atoms with E-state index >= 15 is 0 Å². The highest BCUT2D eigenvalue weighted by Gasteiger charge is 2.18. The lowest BCUT2D eigenvalue weighted by atomic mass is 10.1. The second kappa shape index (κ2) is 8.11. The number of phenols is 1. The Hall–Kier alpha value is -4.26. The summed E-state index contributed by atoms with van der Waals surface area (Å²) in [5.74, 6) is 2.90. The molecule has 0 fully saturated rings. The summed E-state index contributed by atoms with van der Waals surface area (Å²) in [6.45, 7) is 0.413. The van der Waals surface area contributed by atoms with Gasteiger partial charge in [0.15, 0.2) is 17.1 Å². The quantitative estimate of drug-likeness (QED) is 0.405. The van der Waals surface area contributed by atoms with Crippen LogP contribution < -0.4 is 9.47 Å². The highest BCUT2D eigenvalue weighted by Crippen LogP contribution is 2.35. The van der Waals surface area contributed by atoms with Gasteiger partial charge in [-0.25, -0.2) is 9.97 Å². The maximum Gasteiger partial charge on any atom is 0.178 e. The first-order valence-electron chi connectivity index (χ1n) is 10.1. The molecule has 0 aliphatic rings. The van der Waals surface area contributed by atoms with Crippen LogP contribution in [-0.2, 0) is 6.54 Å². The number of fused-ring (bicyclic) bond motifs is 1. The Balaban J connectivity index is 1.72. The van der Waals surface area contributed by atoms with Crippen molar-refractivity contribution in [1.29, 1.82) is 0 Å². The first kappa shape index (κ1) is 19.7. The summed E-state index contributed by atoms with van der Waals surface area (Å²) in [6.07, 6.45) is 3.38. The molecular formula is C25H21N3O4. The number of nitrogens with zero attached hydrogens (tertiary/aromatic N) is 3. The number of aromatic nitrogens is 3. The van der Waals surface area contributed by atoms with Crippen LogP contribution in [0.3, 0.4) is 0 Å². The third-order valence-electron chi connectivity index (χ3n) is 5.37. The molecule has 0 radical (unpaired) electrons. The number of benzene rings is 2. The van der Waals surface area contributed by atoms with E-state index in [0.717, 1.165) is 28.0 Å². The van der Waals surface area contributed by atoms with Crippen molar-refractivity contribution in [3.05, 3.63) is 78.7 Å². The maximum atomic E-state index is 10.4. The molecule has 5 aromatic rings. The van der Waals surface area contributed by atoms with Gasteiger partial charge < -0.3 is 23.6 Å². The van der Waals surface area contributed by atoms with Gasteiger partial charge in [-0.2, -0.15) is 0 Å². The molecule has 0 atom stereocenters. The minimum absolute atomic E-state index is 0.225. The summed E-state index contributed by atoms with van der Waals surface area (Å²) in [5, 5.41) is 10.4. The van der Waals surface area contributed by atoms with Crippen LogP contribution in [0.4, 0.5) is 0 Å². The second-order valence-electron chi connectivity index (χ2n) is 7.26. The lowest BCUT2D eigenvalue weighted by Crippen LogP contribution is -2.03. The van der Waals surface area contributed by atoms with Gasteiger partial charge in [0.05, 0.1) is 32.5 Å². The largest absolute Gasteiger partial charge is 0.508 e. The molecule has 0 bridgehead atoms. The molecule has 0 aliphatic heterocycles. The number of phenolic OH excluding ortho intramolecular Hbond substituents is 1. The van der Waals surface area contributed by atoms with Crippen molar-refractivity contribution in [3.8, 4) is 40.0 Å². The van der Waals surface area contributed by atoms with Crippen LogP contribution in [0.1, 0.15) is 5.56 Å². The van der Waals surface area contributed by atoms with E-state index in [4.69, 9.17) is 18.9 Å². The van der Waals surface area contributed by atoms with Crippen molar-refractivity contribution in [1.82, 2.24) is 14.5 Å². The molecule has 3 aromatic heterocycles. The molecule has 7 heteroatoms. The first-order valence-corrected chi connectivity index (χ1v) is 10.1. The van der Waals surface area contributed by atoms with Crippen molar-refractivity contribution < 1.29 is 19.0 Å². The molecule has 7 nitrogen and oxygen atoms in total. The highest BCUT2D eigenvalue weighted by molar-refractivity contribution is 5.82. The molecular weight excluding hydrogens is 406 g/mol. The molecule has 32 heavy (non-hydrogen) atoms. The molecule has 0 aliphatic carbocycles. The lowest BCUT2D eigenvalue weighted by molar-refractivity contribution is 0.355. The zero-order chi connectivity index (χ0) is 22.1. The maximum absolute atomic E-state index is 10.4. The number of pyridine rings is 1. The van der Waals surface area contributed by atoms with E-state index < -0.39 is 0 Å². The third-order valence-corrected chi connectivity index (χ3v) is 5.37. The SMILES string of the molecule is COc1ccc(-c2nc3ncc(-c4ccco4)cc3n2Cc2ccccc2O)cc1OC. The third kappa shape index (κ3) is 3.43. The van der Waals surface area contributed by atoms with Crippen molar-refractivity contribution in [2.75, 3.05) is 14.2 Å². The van der Waals surface area contributed by atoms with Crippen LogP contribution in [0.2, 0.25) is 0 Å². The molecule has 2 aromatic carbocycles. The molecule has 5 rings (SSSR count). The zero-order valence-electron chi connectivity index (χ0n) is 17.6. The van der Waals surface area contributed by atoms with Crippen LogP contribution in [0.25, 0.3) is 33.9 Å². The van der Waals surface area contributed by atoms with E-state index in [1.807, 2.05) is 53.1 Å². The molecule has 0 saturated heterocycles. The Morgan fingerprint density at radius 2 is 1.78 bits per heavy atom. The second-order valence-corrected chi connectivity index (χ2v) is 7.26. The van der Waals surface area contributed by atoms with Crippen LogP contribution in [0.5, 0.6) is 17.2 Å². The average molecular weight is 427 g/mol. The number of ether oxygens (including phenoxy) is 2. The standard InChI is InChI=1S/C25H21N3O4/c1-30-22-10-9-16(13-23(22)31-2)25-27-24-19(12-18(14-26-24)21-8-5-11-32-21)28(25)15-17-6-3-4-7-20(17)29/h3-14,29H,15H2,1-2H3. The fraction of sp³-hybridized carbons (Fsp3) is 0.120. The summed E-state index contributed by atoms with van der Waals surface area (Å²) in [6, 6.07) is 18.7. The normalized spacial score (nSPS) is 11.1. The smallest absolute Gasteiger partial charge is 0.178 e. The van der Waals surface area contributed by atoms with Gasteiger partial charge in [0.2, 0.25) is 0 Å². The Bertz CT molecular complexity index is 1390. The summed E-state index contributed by atoms with van der Waals surface area (Å²) >= 11 is 0. The number of methoxy groups -OCH3 is 2. The van der Waals surface area contributed by atoms with Crippen molar-refractivity contribution in [2.24, 2.45) is 0 Å². The number of hydrogen-bond acceptors (Lipinski definition) is 6. The number of hydrogen-bond donors (Lipinski definition) is 1. The molecule has 1 N–H and O–H groups in total. The minimum Gasteiger partial charge on any atom is -0.508 e. The van der Waals surface area contributed by atoms with E-state index in [9.17, 15) is 5.11 Å². The number of rotatable bonds is 6. The van der Waals surface area contributed by atoms with E-state index in [0.29, 0.717) is 29.5 Å². The van der Waals surface area contributed by atoms with Crippen LogP contribution >= 0.6 is 0 Å². The molecule has 0 unspecified atom stereocenters. The van der Waals surface area contributed by atoms with Gasteiger partial charge in [-0.05, 0) is 42.5 Å². The van der Waals surface area contributed by atoms with E-state index in [1.165, 1.54) is 0 Å². The van der Waals surface area contributed by atoms with Crippen molar-refractivity contribution in [2.45, 2.75) is 6.54 Å². The number of imidazole rings is 1. The number of furan rings is 1. The molecule has 3 heterocycles. The summed E-state index contributed by atoms with van der Waals surface area (Å²) in [7, 11) is 3.20. The Labute approximate surface area is 184 Å². The number of para-hydroxylation sites is 1. The van der Waals surface area contributed by atoms with Gasteiger partial charge >= 0.3 is 0 Å². The fourth-order valence-electron chi connectivity index (χ4n) is 3.75. The molecule has 0 spiro atoms. The fourth-order valence-corrected chi connectivity index (χ4v) is 3.75. The Kier molecular flexibility index (Phi) is 4.99. The Morgan fingerprint density at radius 1 is 0.938 bits per heavy atom. The topological polar surface area (TPSA) is 82.5 Å². The highest BCUT2D eigenvalue weighted by atomic mass is 16.5. The van der Waals surface area contributed by atoms with Gasteiger partial charge in [0.25, 0.3) is 0 Å². The van der Waals surface area contributed by atoms with Gasteiger partial charge in [-0.3, -0.25) is 0 Å². The minimum atomic E-state index is 0.225. The van der Waals surface area contributed by atoms with Gasteiger partial charge in [0.1, 0.15) is 17.3 Å². The predicted octanol–water partition coefficient (Wildman–Crippen LogP) is 5.13. The lowest BCUT2D eigenvalue weighted by Gasteiger charge is -2.13. The van der Waals surface area contributed by atoms with E-state index in [-0.39, 0.29) is 5.75 Å². The summed E-state index contributed by atoms with van der Waals surface area (Å²) in [5.41, 5.74) is 3.89. The molecule has 0 amide bonds. The van der Waals surface area contributed by atoms with E-state index in [1.54, 1.807) is 38.8 Å².